The van der Waals surface area contributed by atoms with Crippen LogP contribution in [-0.4, -0.2) is 30.4 Å². The quantitative estimate of drug-likeness (QED) is 0.857. The van der Waals surface area contributed by atoms with E-state index in [0.717, 1.165) is 25.9 Å². The SMILES string of the molecule is O=C(NCC(c1ccccc1)N1CCCC1)C1(c2ccccc2F)CC1. The number of nitrogens with one attached hydrogen (secondary N) is 1. The molecule has 1 saturated heterocycles. The van der Waals surface area contributed by atoms with Gasteiger partial charge in [-0.25, -0.2) is 4.39 Å². The number of rotatable bonds is 6. The molecule has 1 atom stereocenters. The van der Waals surface area contributed by atoms with Crippen molar-refractivity contribution in [1.82, 2.24) is 10.2 Å². The Morgan fingerprint density at radius 2 is 1.69 bits per heavy atom. The molecule has 1 saturated carbocycles. The third kappa shape index (κ3) is 3.26. The first-order valence-electron chi connectivity index (χ1n) is 9.53. The summed E-state index contributed by atoms with van der Waals surface area (Å²) in [6.45, 7) is 2.70. The Hall–Kier alpha value is -2.20. The average Bonchev–Trinajstić information content (AvgIpc) is 3.30. The molecule has 1 aliphatic carbocycles. The average molecular weight is 352 g/mol. The summed E-state index contributed by atoms with van der Waals surface area (Å²) in [7, 11) is 0. The standard InChI is InChI=1S/C22H25FN2O/c23-19-11-5-4-10-18(19)22(12-13-22)21(26)24-16-20(25-14-6-7-15-25)17-8-2-1-3-9-17/h1-5,8-11,20H,6-7,12-16H2,(H,24,26). The molecule has 1 unspecified atom stereocenters. The highest BCUT2D eigenvalue weighted by atomic mass is 19.1. The van der Waals surface area contributed by atoms with E-state index < -0.39 is 5.41 Å². The van der Waals surface area contributed by atoms with Crippen LogP contribution >= 0.6 is 0 Å². The Labute approximate surface area is 154 Å². The predicted molar refractivity (Wildman–Crippen MR) is 100 cm³/mol. The topological polar surface area (TPSA) is 32.3 Å². The molecule has 1 N–H and O–H groups in total. The fourth-order valence-electron chi connectivity index (χ4n) is 4.14. The van der Waals surface area contributed by atoms with Gasteiger partial charge in [-0.1, -0.05) is 48.5 Å². The fraction of sp³-hybridized carbons (Fsp3) is 0.409. The van der Waals surface area contributed by atoms with Gasteiger partial charge < -0.3 is 5.32 Å². The summed E-state index contributed by atoms with van der Waals surface area (Å²) in [6, 6.07) is 17.2. The first-order valence-corrected chi connectivity index (χ1v) is 9.53. The molecule has 1 heterocycles. The smallest absolute Gasteiger partial charge is 0.230 e. The molecule has 0 aromatic heterocycles. The van der Waals surface area contributed by atoms with Crippen molar-refractivity contribution in [3.05, 3.63) is 71.5 Å². The number of amides is 1. The van der Waals surface area contributed by atoms with Crippen LogP contribution in [0.15, 0.2) is 54.6 Å². The zero-order valence-electron chi connectivity index (χ0n) is 15.0. The highest BCUT2D eigenvalue weighted by Gasteiger charge is 2.52. The van der Waals surface area contributed by atoms with Crippen LogP contribution in [-0.2, 0) is 10.2 Å². The minimum Gasteiger partial charge on any atom is -0.353 e. The van der Waals surface area contributed by atoms with Crippen molar-refractivity contribution >= 4 is 5.91 Å². The van der Waals surface area contributed by atoms with Crippen molar-refractivity contribution in [2.24, 2.45) is 0 Å². The number of benzene rings is 2. The van der Waals surface area contributed by atoms with Gasteiger partial charge in [0, 0.05) is 12.1 Å². The Balaban J connectivity index is 1.49. The van der Waals surface area contributed by atoms with Gasteiger partial charge >= 0.3 is 0 Å². The molecule has 136 valence electrons. The second-order valence-corrected chi connectivity index (χ2v) is 7.44. The van der Waals surface area contributed by atoms with Gasteiger partial charge in [-0.15, -0.1) is 0 Å². The molecule has 2 aliphatic rings. The van der Waals surface area contributed by atoms with Gasteiger partial charge in [0.05, 0.1) is 11.5 Å². The lowest BCUT2D eigenvalue weighted by molar-refractivity contribution is -0.123. The monoisotopic (exact) mass is 352 g/mol. The summed E-state index contributed by atoms with van der Waals surface area (Å²) >= 11 is 0. The number of carbonyl (C=O) groups is 1. The van der Waals surface area contributed by atoms with Gasteiger partial charge in [0.15, 0.2) is 0 Å². The normalized spacial score (nSPS) is 19.9. The van der Waals surface area contributed by atoms with Crippen LogP contribution in [0.5, 0.6) is 0 Å². The van der Waals surface area contributed by atoms with Crippen LogP contribution in [0.2, 0.25) is 0 Å². The molecule has 0 bridgehead atoms. The van der Waals surface area contributed by atoms with E-state index in [1.54, 1.807) is 12.1 Å². The summed E-state index contributed by atoms with van der Waals surface area (Å²) in [5, 5.41) is 3.14. The minimum atomic E-state index is -0.669. The Morgan fingerprint density at radius 3 is 2.35 bits per heavy atom. The molecule has 0 radical (unpaired) electrons. The van der Waals surface area contributed by atoms with E-state index in [1.807, 2.05) is 24.3 Å². The van der Waals surface area contributed by atoms with Crippen LogP contribution in [0.4, 0.5) is 4.39 Å². The number of likely N-dealkylation sites (tertiary alicyclic amines) is 1. The summed E-state index contributed by atoms with van der Waals surface area (Å²) in [5.74, 6) is -0.318. The molecule has 4 rings (SSSR count). The largest absolute Gasteiger partial charge is 0.353 e. The number of hydrogen-bond donors (Lipinski definition) is 1. The van der Waals surface area contributed by atoms with Crippen molar-refractivity contribution in [3.63, 3.8) is 0 Å². The Morgan fingerprint density at radius 1 is 1.04 bits per heavy atom. The van der Waals surface area contributed by atoms with Crippen molar-refractivity contribution in [3.8, 4) is 0 Å². The van der Waals surface area contributed by atoms with Gasteiger partial charge in [-0.2, -0.15) is 0 Å². The van der Waals surface area contributed by atoms with Crippen molar-refractivity contribution in [2.45, 2.75) is 37.1 Å². The molecule has 1 aliphatic heterocycles. The lowest BCUT2D eigenvalue weighted by Crippen LogP contribution is -2.41. The molecule has 2 aromatic rings. The summed E-state index contributed by atoms with van der Waals surface area (Å²) in [4.78, 5) is 15.4. The fourth-order valence-corrected chi connectivity index (χ4v) is 4.14. The molecule has 2 aromatic carbocycles. The molecule has 4 heteroatoms. The first kappa shape index (κ1) is 17.2. The van der Waals surface area contributed by atoms with Crippen LogP contribution in [0.25, 0.3) is 0 Å². The maximum absolute atomic E-state index is 14.2. The van der Waals surface area contributed by atoms with E-state index in [9.17, 15) is 9.18 Å². The lowest BCUT2D eigenvalue weighted by Gasteiger charge is -2.29. The van der Waals surface area contributed by atoms with E-state index in [-0.39, 0.29) is 17.8 Å². The van der Waals surface area contributed by atoms with Gasteiger partial charge in [-0.3, -0.25) is 9.69 Å². The van der Waals surface area contributed by atoms with Crippen molar-refractivity contribution in [1.29, 1.82) is 0 Å². The zero-order valence-corrected chi connectivity index (χ0v) is 15.0. The van der Waals surface area contributed by atoms with Gasteiger partial charge in [-0.05, 0) is 50.4 Å². The maximum Gasteiger partial charge on any atom is 0.230 e. The first-order chi connectivity index (χ1) is 12.7. The second-order valence-electron chi connectivity index (χ2n) is 7.44. The summed E-state index contributed by atoms with van der Waals surface area (Å²) in [5.41, 5.74) is 1.10. The van der Waals surface area contributed by atoms with Crippen molar-refractivity contribution in [2.75, 3.05) is 19.6 Å². The molecule has 2 fully saturated rings. The Kier molecular flexibility index (Phi) is 4.77. The van der Waals surface area contributed by atoms with E-state index in [1.165, 1.54) is 24.5 Å². The van der Waals surface area contributed by atoms with Gasteiger partial charge in [0.1, 0.15) is 5.82 Å². The molecule has 0 spiro atoms. The number of halogens is 1. The predicted octanol–water partition coefficient (Wildman–Crippen LogP) is 3.81. The second kappa shape index (κ2) is 7.20. The molecule has 26 heavy (non-hydrogen) atoms. The third-order valence-electron chi connectivity index (χ3n) is 5.80. The molecule has 1 amide bonds. The third-order valence-corrected chi connectivity index (χ3v) is 5.80. The van der Waals surface area contributed by atoms with Crippen LogP contribution in [0.3, 0.4) is 0 Å². The lowest BCUT2D eigenvalue weighted by atomic mass is 9.94. The van der Waals surface area contributed by atoms with E-state index in [4.69, 9.17) is 0 Å². The molecular weight excluding hydrogens is 327 g/mol. The molecular formula is C22H25FN2O. The molecule has 3 nitrogen and oxygen atoms in total. The van der Waals surface area contributed by atoms with E-state index in [2.05, 4.69) is 22.3 Å². The van der Waals surface area contributed by atoms with Crippen LogP contribution < -0.4 is 5.32 Å². The number of nitrogens with zero attached hydrogens (tertiary/aromatic N) is 1. The van der Waals surface area contributed by atoms with Crippen LogP contribution in [0.1, 0.15) is 42.9 Å². The van der Waals surface area contributed by atoms with Crippen molar-refractivity contribution < 1.29 is 9.18 Å². The number of carbonyl (C=O) groups excluding carboxylic acids is 1. The minimum absolute atomic E-state index is 0.0391. The highest BCUT2D eigenvalue weighted by Crippen LogP contribution is 2.49. The maximum atomic E-state index is 14.2. The van der Waals surface area contributed by atoms with Gasteiger partial charge in [0.25, 0.3) is 0 Å². The highest BCUT2D eigenvalue weighted by molar-refractivity contribution is 5.91. The zero-order chi connectivity index (χ0) is 18.0. The van der Waals surface area contributed by atoms with Crippen LogP contribution in [0, 0.1) is 5.82 Å². The van der Waals surface area contributed by atoms with E-state index >= 15 is 0 Å². The van der Waals surface area contributed by atoms with E-state index in [0.29, 0.717) is 12.1 Å². The summed E-state index contributed by atoms with van der Waals surface area (Å²) in [6.07, 6.45) is 3.85. The van der Waals surface area contributed by atoms with Gasteiger partial charge in [0.2, 0.25) is 5.91 Å². The number of hydrogen-bond acceptors (Lipinski definition) is 2. The summed E-state index contributed by atoms with van der Waals surface area (Å²) < 4.78 is 14.2. The Bertz CT molecular complexity index is 767.